The minimum Gasteiger partial charge on any atom is -0.351 e. The van der Waals surface area contributed by atoms with Crippen LogP contribution in [0.3, 0.4) is 0 Å². The third-order valence-corrected chi connectivity index (χ3v) is 1.55. The summed E-state index contributed by atoms with van der Waals surface area (Å²) >= 11 is 0. The summed E-state index contributed by atoms with van der Waals surface area (Å²) in [5.74, 6) is 1.21. The van der Waals surface area contributed by atoms with Gasteiger partial charge in [0, 0.05) is 13.1 Å². The van der Waals surface area contributed by atoms with Gasteiger partial charge < -0.3 is 10.6 Å². The van der Waals surface area contributed by atoms with Crippen LogP contribution in [-0.2, 0) is 0 Å². The maximum absolute atomic E-state index is 4.06. The Hall–Kier alpha value is -0.880. The minimum absolute atomic E-state index is 0. The lowest BCUT2D eigenvalue weighted by Crippen LogP contribution is -2.18. The number of azo groups is 1. The molecular formula is C6H12Cl2N6. The first-order valence-corrected chi connectivity index (χ1v) is 3.93. The molecule has 0 unspecified atom stereocenters. The number of hydrogen-bond acceptors (Lipinski definition) is 6. The van der Waals surface area contributed by atoms with Crippen LogP contribution >= 0.6 is 24.8 Å². The molecule has 0 saturated carbocycles. The zero-order chi connectivity index (χ0) is 8.23. The van der Waals surface area contributed by atoms with Crippen molar-refractivity contribution in [1.29, 1.82) is 0 Å². The average Bonchev–Trinajstić information content (AvgIpc) is 2.74. The highest BCUT2D eigenvalue weighted by molar-refractivity contribution is 5.86. The highest BCUT2D eigenvalue weighted by Gasteiger charge is 2.05. The van der Waals surface area contributed by atoms with Crippen molar-refractivity contribution in [3.63, 3.8) is 0 Å². The molecule has 0 saturated heterocycles. The van der Waals surface area contributed by atoms with E-state index in [2.05, 4.69) is 30.8 Å². The molecule has 0 amide bonds. The highest BCUT2D eigenvalue weighted by Crippen LogP contribution is 1.91. The van der Waals surface area contributed by atoms with Crippen molar-refractivity contribution in [3.8, 4) is 0 Å². The molecular weight excluding hydrogens is 227 g/mol. The standard InChI is InChI=1S/C6H10N6.2ClH/c1-2-8-5(7-1)11-12-6-9-3-4-10-6;;/h1-4H2,(H,7,8)(H,9,10);2*1H/b12-11+;;. The molecule has 14 heavy (non-hydrogen) atoms. The molecule has 0 aliphatic carbocycles. The van der Waals surface area contributed by atoms with Gasteiger partial charge in [0.2, 0.25) is 11.9 Å². The second-order valence-electron chi connectivity index (χ2n) is 2.46. The summed E-state index contributed by atoms with van der Waals surface area (Å²) < 4.78 is 0. The molecule has 0 bridgehead atoms. The number of hydrogen-bond donors (Lipinski definition) is 2. The number of halogens is 2. The first-order chi connectivity index (χ1) is 5.95. The molecule has 6 nitrogen and oxygen atoms in total. The fourth-order valence-electron chi connectivity index (χ4n) is 0.999. The first-order valence-electron chi connectivity index (χ1n) is 3.93. The van der Waals surface area contributed by atoms with Gasteiger partial charge in [-0.15, -0.1) is 35.0 Å². The molecule has 2 aliphatic rings. The Balaban J connectivity index is 0.000000845. The molecule has 0 fully saturated rings. The Morgan fingerprint density at radius 1 is 0.857 bits per heavy atom. The normalized spacial score (nSPS) is 18.9. The van der Waals surface area contributed by atoms with Crippen LogP contribution in [0.15, 0.2) is 20.2 Å². The van der Waals surface area contributed by atoms with E-state index in [9.17, 15) is 0 Å². The highest BCUT2D eigenvalue weighted by atomic mass is 35.5. The van der Waals surface area contributed by atoms with Crippen LogP contribution < -0.4 is 10.6 Å². The third-order valence-electron chi connectivity index (χ3n) is 1.55. The summed E-state index contributed by atoms with van der Waals surface area (Å²) in [6, 6.07) is 0. The van der Waals surface area contributed by atoms with Gasteiger partial charge in [0.25, 0.3) is 0 Å². The Labute approximate surface area is 94.2 Å². The zero-order valence-corrected chi connectivity index (χ0v) is 9.07. The van der Waals surface area contributed by atoms with Crippen LogP contribution in [0.1, 0.15) is 0 Å². The second kappa shape index (κ2) is 6.56. The van der Waals surface area contributed by atoms with E-state index in [-0.39, 0.29) is 24.8 Å². The zero-order valence-electron chi connectivity index (χ0n) is 7.43. The fraction of sp³-hybridized carbons (Fsp3) is 0.667. The lowest BCUT2D eigenvalue weighted by Gasteiger charge is -1.92. The minimum atomic E-state index is 0. The first kappa shape index (κ1) is 13.1. The fourth-order valence-corrected chi connectivity index (χ4v) is 0.999. The Kier molecular flexibility index (Phi) is 6.14. The number of nitrogens with one attached hydrogen (secondary N) is 2. The number of rotatable bonds is 0. The van der Waals surface area contributed by atoms with Crippen LogP contribution in [0.4, 0.5) is 0 Å². The van der Waals surface area contributed by atoms with Crippen molar-refractivity contribution in [1.82, 2.24) is 10.6 Å². The Morgan fingerprint density at radius 3 is 1.57 bits per heavy atom. The molecule has 0 aromatic heterocycles. The van der Waals surface area contributed by atoms with Gasteiger partial charge in [-0.25, -0.2) is 9.98 Å². The monoisotopic (exact) mass is 238 g/mol. The molecule has 2 aliphatic heterocycles. The van der Waals surface area contributed by atoms with Crippen LogP contribution in [0, 0.1) is 0 Å². The Bertz CT molecular complexity index is 235. The predicted molar refractivity (Wildman–Crippen MR) is 60.0 cm³/mol. The lowest BCUT2D eigenvalue weighted by molar-refractivity contribution is 0.946. The lowest BCUT2D eigenvalue weighted by atomic mass is 10.7. The maximum atomic E-state index is 4.06. The number of aliphatic imine (C=N–C) groups is 2. The summed E-state index contributed by atoms with van der Waals surface area (Å²) in [7, 11) is 0. The van der Waals surface area contributed by atoms with Gasteiger partial charge in [-0.1, -0.05) is 0 Å². The summed E-state index contributed by atoms with van der Waals surface area (Å²) in [5, 5.41) is 13.7. The van der Waals surface area contributed by atoms with E-state index in [0.29, 0.717) is 11.9 Å². The smallest absolute Gasteiger partial charge is 0.238 e. The molecule has 0 aromatic rings. The van der Waals surface area contributed by atoms with Crippen LogP contribution in [0.2, 0.25) is 0 Å². The van der Waals surface area contributed by atoms with Crippen molar-refractivity contribution >= 4 is 36.7 Å². The molecule has 80 valence electrons. The van der Waals surface area contributed by atoms with Crippen molar-refractivity contribution in [3.05, 3.63) is 0 Å². The second-order valence-corrected chi connectivity index (χ2v) is 2.46. The average molecular weight is 239 g/mol. The van der Waals surface area contributed by atoms with E-state index in [0.717, 1.165) is 26.2 Å². The molecule has 0 aromatic carbocycles. The van der Waals surface area contributed by atoms with Gasteiger partial charge in [0.05, 0.1) is 13.1 Å². The molecule has 0 spiro atoms. The topological polar surface area (TPSA) is 73.5 Å². The quantitative estimate of drug-likeness (QED) is 0.592. The van der Waals surface area contributed by atoms with E-state index in [4.69, 9.17) is 0 Å². The van der Waals surface area contributed by atoms with Gasteiger partial charge >= 0.3 is 0 Å². The van der Waals surface area contributed by atoms with Gasteiger partial charge in [0.15, 0.2) is 0 Å². The van der Waals surface area contributed by atoms with Crippen LogP contribution in [0.25, 0.3) is 0 Å². The summed E-state index contributed by atoms with van der Waals surface area (Å²) in [6.45, 7) is 3.28. The summed E-state index contributed by atoms with van der Waals surface area (Å²) in [5.41, 5.74) is 0. The van der Waals surface area contributed by atoms with Crippen molar-refractivity contribution < 1.29 is 0 Å². The van der Waals surface area contributed by atoms with Crippen LogP contribution in [0.5, 0.6) is 0 Å². The number of nitrogens with zero attached hydrogens (tertiary/aromatic N) is 4. The van der Waals surface area contributed by atoms with Crippen molar-refractivity contribution in [2.24, 2.45) is 20.2 Å². The van der Waals surface area contributed by atoms with Crippen molar-refractivity contribution in [2.45, 2.75) is 0 Å². The van der Waals surface area contributed by atoms with E-state index in [1.54, 1.807) is 0 Å². The van der Waals surface area contributed by atoms with Gasteiger partial charge in [-0.2, -0.15) is 0 Å². The molecule has 0 radical (unpaired) electrons. The summed E-state index contributed by atoms with van der Waals surface area (Å²) in [4.78, 5) is 8.12. The Morgan fingerprint density at radius 2 is 1.29 bits per heavy atom. The third kappa shape index (κ3) is 3.47. The largest absolute Gasteiger partial charge is 0.351 e. The van der Waals surface area contributed by atoms with E-state index >= 15 is 0 Å². The van der Waals surface area contributed by atoms with Gasteiger partial charge in [0.1, 0.15) is 0 Å². The molecule has 8 heteroatoms. The predicted octanol–water partition coefficient (Wildman–Crippen LogP) is 0.201. The van der Waals surface area contributed by atoms with E-state index < -0.39 is 0 Å². The van der Waals surface area contributed by atoms with Crippen LogP contribution in [-0.4, -0.2) is 38.1 Å². The van der Waals surface area contributed by atoms with Gasteiger partial charge in [-0.05, 0) is 0 Å². The SMILES string of the molecule is C1CNC(/N=N/C2=NCCN2)=N1.Cl.Cl. The number of guanidine groups is 2. The molecule has 2 rings (SSSR count). The molecule has 0 atom stereocenters. The van der Waals surface area contributed by atoms with E-state index in [1.807, 2.05) is 0 Å². The van der Waals surface area contributed by atoms with Crippen molar-refractivity contribution in [2.75, 3.05) is 26.2 Å². The molecule has 2 heterocycles. The molecule has 2 N–H and O–H groups in total. The van der Waals surface area contributed by atoms with E-state index in [1.165, 1.54) is 0 Å². The summed E-state index contributed by atoms with van der Waals surface area (Å²) in [6.07, 6.45) is 0. The van der Waals surface area contributed by atoms with Gasteiger partial charge in [-0.3, -0.25) is 0 Å². The maximum Gasteiger partial charge on any atom is 0.238 e.